The molecule has 3 N–H and O–H groups in total. The first-order chi connectivity index (χ1) is 9.58. The molecule has 0 atom stereocenters. The van der Waals surface area contributed by atoms with E-state index in [1.165, 1.54) is 12.1 Å². The van der Waals surface area contributed by atoms with Gasteiger partial charge in [-0.25, -0.2) is 0 Å². The van der Waals surface area contributed by atoms with Crippen LogP contribution in [-0.4, -0.2) is 46.6 Å². The Bertz CT molecular complexity index is 510. The molecular weight excluding hydrogens is 260 g/mol. The van der Waals surface area contributed by atoms with Crippen molar-refractivity contribution in [1.29, 1.82) is 0 Å². The van der Waals surface area contributed by atoms with Crippen molar-refractivity contribution in [2.75, 3.05) is 19.6 Å². The average Bonchev–Trinajstić information content (AvgIpc) is 2.48. The van der Waals surface area contributed by atoms with E-state index < -0.39 is 5.91 Å². The molecule has 1 aromatic carbocycles. The maximum absolute atomic E-state index is 11.9. The highest BCUT2D eigenvalue weighted by Crippen LogP contribution is 2.24. The van der Waals surface area contributed by atoms with Crippen molar-refractivity contribution in [2.45, 2.75) is 19.3 Å². The fraction of sp³-hybridized carbons (Fsp3) is 0.429. The highest BCUT2D eigenvalue weighted by molar-refractivity contribution is 5.97. The molecule has 1 aromatic rings. The summed E-state index contributed by atoms with van der Waals surface area (Å²) < 4.78 is 0. The smallest absolute Gasteiger partial charge is 0.251 e. The van der Waals surface area contributed by atoms with Crippen LogP contribution in [-0.2, 0) is 4.79 Å². The van der Waals surface area contributed by atoms with Crippen LogP contribution >= 0.6 is 0 Å². The van der Waals surface area contributed by atoms with E-state index in [2.05, 4.69) is 5.32 Å². The molecule has 1 aliphatic heterocycles. The van der Waals surface area contributed by atoms with Gasteiger partial charge in [-0.2, -0.15) is 0 Å². The highest BCUT2D eigenvalue weighted by atomic mass is 16.3. The lowest BCUT2D eigenvalue weighted by atomic mass is 10.1. The van der Waals surface area contributed by atoms with E-state index in [1.807, 2.05) is 0 Å². The SMILES string of the molecule is O=C(NCC(=O)N1CCCCC1)c1ccc(O)c(O)c1. The molecule has 0 saturated carbocycles. The average molecular weight is 278 g/mol. The number of rotatable bonds is 3. The van der Waals surface area contributed by atoms with Gasteiger partial charge in [0.2, 0.25) is 5.91 Å². The number of phenols is 2. The number of carbonyl (C=O) groups excluding carboxylic acids is 2. The molecule has 20 heavy (non-hydrogen) atoms. The minimum absolute atomic E-state index is 0.0551. The van der Waals surface area contributed by atoms with Gasteiger partial charge in [0.15, 0.2) is 11.5 Å². The van der Waals surface area contributed by atoms with Gasteiger partial charge in [-0.15, -0.1) is 0 Å². The van der Waals surface area contributed by atoms with Crippen LogP contribution < -0.4 is 5.32 Å². The Kier molecular flexibility index (Phi) is 4.45. The molecule has 0 unspecified atom stereocenters. The van der Waals surface area contributed by atoms with Gasteiger partial charge in [-0.1, -0.05) is 0 Å². The van der Waals surface area contributed by atoms with Crippen molar-refractivity contribution >= 4 is 11.8 Å². The number of hydrogen-bond acceptors (Lipinski definition) is 4. The predicted molar refractivity (Wildman–Crippen MR) is 72.5 cm³/mol. The first-order valence-corrected chi connectivity index (χ1v) is 6.66. The normalized spacial score (nSPS) is 14.9. The molecule has 0 bridgehead atoms. The van der Waals surface area contributed by atoms with Crippen LogP contribution in [0.25, 0.3) is 0 Å². The van der Waals surface area contributed by atoms with E-state index >= 15 is 0 Å². The fourth-order valence-corrected chi connectivity index (χ4v) is 2.18. The van der Waals surface area contributed by atoms with E-state index in [4.69, 9.17) is 0 Å². The van der Waals surface area contributed by atoms with Crippen molar-refractivity contribution in [3.8, 4) is 11.5 Å². The van der Waals surface area contributed by atoms with Crippen LogP contribution in [0.4, 0.5) is 0 Å². The van der Waals surface area contributed by atoms with Crippen LogP contribution in [0.2, 0.25) is 0 Å². The molecule has 1 aliphatic rings. The topological polar surface area (TPSA) is 89.9 Å². The van der Waals surface area contributed by atoms with Gasteiger partial charge >= 0.3 is 0 Å². The largest absolute Gasteiger partial charge is 0.504 e. The lowest BCUT2D eigenvalue weighted by Crippen LogP contribution is -2.42. The summed E-state index contributed by atoms with van der Waals surface area (Å²) in [6.07, 6.45) is 3.15. The van der Waals surface area contributed by atoms with Gasteiger partial charge in [-0.3, -0.25) is 9.59 Å². The second kappa shape index (κ2) is 6.27. The second-order valence-corrected chi connectivity index (χ2v) is 4.83. The third-order valence-corrected chi connectivity index (χ3v) is 3.35. The third kappa shape index (κ3) is 3.40. The molecule has 0 aliphatic carbocycles. The van der Waals surface area contributed by atoms with E-state index in [0.29, 0.717) is 0 Å². The van der Waals surface area contributed by atoms with Crippen LogP contribution in [0.15, 0.2) is 18.2 Å². The summed E-state index contributed by atoms with van der Waals surface area (Å²) in [5.41, 5.74) is 0.201. The number of hydrogen-bond donors (Lipinski definition) is 3. The molecule has 1 heterocycles. The number of amides is 2. The summed E-state index contributed by atoms with van der Waals surface area (Å²) in [6.45, 7) is 1.43. The Hall–Kier alpha value is -2.24. The number of likely N-dealkylation sites (tertiary alicyclic amines) is 1. The first kappa shape index (κ1) is 14.2. The molecule has 2 rings (SSSR count). The Morgan fingerprint density at radius 3 is 2.45 bits per heavy atom. The van der Waals surface area contributed by atoms with Crippen molar-refractivity contribution in [3.63, 3.8) is 0 Å². The van der Waals surface area contributed by atoms with Gasteiger partial charge in [0.1, 0.15) is 0 Å². The summed E-state index contributed by atoms with van der Waals surface area (Å²) >= 11 is 0. The number of carbonyl (C=O) groups is 2. The molecule has 1 fully saturated rings. The zero-order valence-electron chi connectivity index (χ0n) is 11.1. The molecule has 6 nitrogen and oxygen atoms in total. The minimum Gasteiger partial charge on any atom is -0.504 e. The molecule has 1 saturated heterocycles. The maximum atomic E-state index is 11.9. The molecule has 6 heteroatoms. The molecule has 0 spiro atoms. The zero-order valence-corrected chi connectivity index (χ0v) is 11.1. The Morgan fingerprint density at radius 1 is 1.10 bits per heavy atom. The zero-order chi connectivity index (χ0) is 14.5. The number of nitrogens with zero attached hydrogens (tertiary/aromatic N) is 1. The number of aromatic hydroxyl groups is 2. The van der Waals surface area contributed by atoms with Gasteiger partial charge in [0.25, 0.3) is 5.91 Å². The lowest BCUT2D eigenvalue weighted by Gasteiger charge is -2.26. The van der Waals surface area contributed by atoms with Crippen LogP contribution in [0.3, 0.4) is 0 Å². The van der Waals surface area contributed by atoms with Gasteiger partial charge in [-0.05, 0) is 37.5 Å². The van der Waals surface area contributed by atoms with E-state index in [-0.39, 0.29) is 29.5 Å². The van der Waals surface area contributed by atoms with Gasteiger partial charge in [0, 0.05) is 18.7 Å². The third-order valence-electron chi connectivity index (χ3n) is 3.35. The summed E-state index contributed by atoms with van der Waals surface area (Å²) in [5, 5.41) is 21.0. The molecule has 2 amide bonds. The summed E-state index contributed by atoms with van der Waals surface area (Å²) in [6, 6.07) is 3.78. The van der Waals surface area contributed by atoms with E-state index in [1.54, 1.807) is 4.90 Å². The van der Waals surface area contributed by atoms with E-state index in [9.17, 15) is 19.8 Å². The fourth-order valence-electron chi connectivity index (χ4n) is 2.18. The van der Waals surface area contributed by atoms with Crippen LogP contribution in [0.1, 0.15) is 29.6 Å². The summed E-state index contributed by atoms with van der Waals surface area (Å²) in [7, 11) is 0. The molecular formula is C14H18N2O4. The Labute approximate surface area is 117 Å². The van der Waals surface area contributed by atoms with Crippen LogP contribution in [0.5, 0.6) is 11.5 Å². The van der Waals surface area contributed by atoms with Gasteiger partial charge < -0.3 is 20.4 Å². The lowest BCUT2D eigenvalue weighted by molar-refractivity contribution is -0.130. The monoisotopic (exact) mass is 278 g/mol. The van der Waals surface area contributed by atoms with E-state index in [0.717, 1.165) is 38.4 Å². The summed E-state index contributed by atoms with van der Waals surface area (Å²) in [4.78, 5) is 25.4. The first-order valence-electron chi connectivity index (χ1n) is 6.66. The standard InChI is InChI=1S/C14H18N2O4/c17-11-5-4-10(8-12(11)18)14(20)15-9-13(19)16-6-2-1-3-7-16/h4-5,8,17-18H,1-3,6-7,9H2,(H,15,20). The van der Waals surface area contributed by atoms with Crippen LogP contribution in [0, 0.1) is 0 Å². The minimum atomic E-state index is -0.453. The Morgan fingerprint density at radius 2 is 1.80 bits per heavy atom. The number of piperidine rings is 1. The molecule has 108 valence electrons. The number of nitrogens with one attached hydrogen (secondary N) is 1. The molecule has 0 aromatic heterocycles. The Balaban J connectivity index is 1.88. The van der Waals surface area contributed by atoms with Crippen molar-refractivity contribution in [3.05, 3.63) is 23.8 Å². The van der Waals surface area contributed by atoms with Crippen molar-refractivity contribution < 1.29 is 19.8 Å². The van der Waals surface area contributed by atoms with Gasteiger partial charge in [0.05, 0.1) is 6.54 Å². The number of benzene rings is 1. The summed E-state index contributed by atoms with van der Waals surface area (Å²) in [5.74, 6) is -1.20. The maximum Gasteiger partial charge on any atom is 0.251 e. The predicted octanol–water partition coefficient (Wildman–Crippen LogP) is 0.840. The van der Waals surface area contributed by atoms with Crippen molar-refractivity contribution in [2.24, 2.45) is 0 Å². The quantitative estimate of drug-likeness (QED) is 0.715. The van der Waals surface area contributed by atoms with Crippen molar-refractivity contribution in [1.82, 2.24) is 10.2 Å². The second-order valence-electron chi connectivity index (χ2n) is 4.83. The molecule has 0 radical (unpaired) electrons. The highest BCUT2D eigenvalue weighted by Gasteiger charge is 2.17. The number of phenolic OH excluding ortho intramolecular Hbond substituents is 2.